The number of hydrogen-bond donors (Lipinski definition) is 0. The molecule has 2 aromatic carbocycles. The van der Waals surface area contributed by atoms with Gasteiger partial charge in [-0.15, -0.1) is 0 Å². The Bertz CT molecular complexity index is 799. The topological polar surface area (TPSA) is 32.8 Å². The molecule has 0 aromatic heterocycles. The van der Waals surface area contributed by atoms with Crippen molar-refractivity contribution in [2.45, 2.75) is 46.1 Å². The SMILES string of the molecule is CCN(CC)c1cccc(C2CC(C)CC(=O)N2CCc2ccc(OC)cc2)c1. The smallest absolute Gasteiger partial charge is 0.223 e. The molecule has 0 bridgehead atoms. The first-order valence-electron chi connectivity index (χ1n) is 10.8. The van der Waals surface area contributed by atoms with E-state index >= 15 is 0 Å². The van der Waals surface area contributed by atoms with Gasteiger partial charge in [-0.2, -0.15) is 0 Å². The lowest BCUT2D eigenvalue weighted by atomic mass is 9.87. The molecule has 0 aliphatic carbocycles. The van der Waals surface area contributed by atoms with Crippen molar-refractivity contribution >= 4 is 11.6 Å². The summed E-state index contributed by atoms with van der Waals surface area (Å²) in [6.45, 7) is 9.29. The van der Waals surface area contributed by atoms with E-state index in [1.807, 2.05) is 12.1 Å². The van der Waals surface area contributed by atoms with Crippen molar-refractivity contribution in [2.75, 3.05) is 31.6 Å². The lowest BCUT2D eigenvalue weighted by Crippen LogP contribution is -2.42. The van der Waals surface area contributed by atoms with Gasteiger partial charge in [-0.25, -0.2) is 0 Å². The molecule has 29 heavy (non-hydrogen) atoms. The van der Waals surface area contributed by atoms with Gasteiger partial charge in [0.1, 0.15) is 5.75 Å². The molecular formula is C25H34N2O2. The van der Waals surface area contributed by atoms with E-state index in [0.29, 0.717) is 12.3 Å². The second kappa shape index (κ2) is 9.82. The number of likely N-dealkylation sites (tertiary alicyclic amines) is 1. The van der Waals surface area contributed by atoms with Crippen LogP contribution in [-0.2, 0) is 11.2 Å². The van der Waals surface area contributed by atoms with Gasteiger partial charge in [0, 0.05) is 31.7 Å². The van der Waals surface area contributed by atoms with E-state index in [4.69, 9.17) is 4.74 Å². The number of benzene rings is 2. The highest BCUT2D eigenvalue weighted by Gasteiger charge is 2.32. The average Bonchev–Trinajstić information content (AvgIpc) is 2.74. The molecule has 1 heterocycles. The number of anilines is 1. The highest BCUT2D eigenvalue weighted by atomic mass is 16.5. The van der Waals surface area contributed by atoms with E-state index in [1.54, 1.807) is 7.11 Å². The third-order valence-electron chi connectivity index (χ3n) is 6.03. The summed E-state index contributed by atoms with van der Waals surface area (Å²) < 4.78 is 5.25. The average molecular weight is 395 g/mol. The van der Waals surface area contributed by atoms with Crippen molar-refractivity contribution in [1.29, 1.82) is 0 Å². The molecular weight excluding hydrogens is 360 g/mol. The third-order valence-corrected chi connectivity index (χ3v) is 6.03. The van der Waals surface area contributed by atoms with Crippen LogP contribution in [0.25, 0.3) is 0 Å². The molecule has 1 aliphatic rings. The van der Waals surface area contributed by atoms with Crippen molar-refractivity contribution in [3.8, 4) is 5.75 Å². The molecule has 1 saturated heterocycles. The van der Waals surface area contributed by atoms with Gasteiger partial charge >= 0.3 is 0 Å². The minimum atomic E-state index is 0.153. The summed E-state index contributed by atoms with van der Waals surface area (Å²) >= 11 is 0. The minimum absolute atomic E-state index is 0.153. The summed E-state index contributed by atoms with van der Waals surface area (Å²) in [5, 5.41) is 0. The Kier molecular flexibility index (Phi) is 7.18. The summed E-state index contributed by atoms with van der Waals surface area (Å²) in [5.41, 5.74) is 3.73. The quantitative estimate of drug-likeness (QED) is 0.626. The predicted octanol–water partition coefficient (Wildman–Crippen LogP) is 5.08. The summed E-state index contributed by atoms with van der Waals surface area (Å²) in [6.07, 6.45) is 2.53. The van der Waals surface area contributed by atoms with Crippen LogP contribution in [0.2, 0.25) is 0 Å². The van der Waals surface area contributed by atoms with Crippen LogP contribution < -0.4 is 9.64 Å². The number of methoxy groups -OCH3 is 1. The maximum absolute atomic E-state index is 12.9. The molecule has 4 heteroatoms. The van der Waals surface area contributed by atoms with E-state index < -0.39 is 0 Å². The number of hydrogen-bond acceptors (Lipinski definition) is 3. The van der Waals surface area contributed by atoms with Crippen LogP contribution in [0.4, 0.5) is 5.69 Å². The molecule has 1 amide bonds. The molecule has 0 spiro atoms. The molecule has 2 aromatic rings. The molecule has 0 radical (unpaired) electrons. The minimum Gasteiger partial charge on any atom is -0.497 e. The van der Waals surface area contributed by atoms with E-state index in [-0.39, 0.29) is 11.9 Å². The van der Waals surface area contributed by atoms with Gasteiger partial charge in [0.05, 0.1) is 13.2 Å². The molecule has 1 aliphatic heterocycles. The van der Waals surface area contributed by atoms with Crippen LogP contribution in [0.3, 0.4) is 0 Å². The highest BCUT2D eigenvalue weighted by Crippen LogP contribution is 2.36. The molecule has 2 unspecified atom stereocenters. The Labute approximate surface area is 175 Å². The van der Waals surface area contributed by atoms with Crippen LogP contribution in [0.5, 0.6) is 5.75 Å². The normalized spacial score (nSPS) is 19.3. The van der Waals surface area contributed by atoms with Gasteiger partial charge in [-0.3, -0.25) is 4.79 Å². The summed E-state index contributed by atoms with van der Waals surface area (Å²) in [7, 11) is 1.68. The maximum Gasteiger partial charge on any atom is 0.223 e. The van der Waals surface area contributed by atoms with Gasteiger partial charge in [0.15, 0.2) is 0 Å². The van der Waals surface area contributed by atoms with Gasteiger partial charge in [-0.1, -0.05) is 31.2 Å². The van der Waals surface area contributed by atoms with Gasteiger partial charge < -0.3 is 14.5 Å². The van der Waals surface area contributed by atoms with Crippen LogP contribution in [-0.4, -0.2) is 37.6 Å². The number of nitrogens with zero attached hydrogens (tertiary/aromatic N) is 2. The Balaban J connectivity index is 1.80. The largest absolute Gasteiger partial charge is 0.497 e. The van der Waals surface area contributed by atoms with Crippen LogP contribution in [0.15, 0.2) is 48.5 Å². The first-order chi connectivity index (χ1) is 14.0. The predicted molar refractivity (Wildman–Crippen MR) is 120 cm³/mol. The second-order valence-corrected chi connectivity index (χ2v) is 8.01. The van der Waals surface area contributed by atoms with E-state index in [0.717, 1.165) is 38.2 Å². The Morgan fingerprint density at radius 1 is 1.10 bits per heavy atom. The van der Waals surface area contributed by atoms with E-state index in [2.05, 4.69) is 67.0 Å². The number of rotatable bonds is 8. The maximum atomic E-state index is 12.9. The molecule has 0 N–H and O–H groups in total. The van der Waals surface area contributed by atoms with E-state index in [1.165, 1.54) is 16.8 Å². The number of carbonyl (C=O) groups excluding carboxylic acids is 1. The first-order valence-corrected chi connectivity index (χ1v) is 10.8. The van der Waals surface area contributed by atoms with Gasteiger partial charge in [-0.05, 0) is 68.0 Å². The Morgan fingerprint density at radius 2 is 1.83 bits per heavy atom. The van der Waals surface area contributed by atoms with Gasteiger partial charge in [0.25, 0.3) is 0 Å². The number of carbonyl (C=O) groups is 1. The molecule has 156 valence electrons. The first kappa shape index (κ1) is 21.2. The van der Waals surface area contributed by atoms with Crippen molar-refractivity contribution in [3.05, 3.63) is 59.7 Å². The monoisotopic (exact) mass is 394 g/mol. The van der Waals surface area contributed by atoms with Gasteiger partial charge in [0.2, 0.25) is 5.91 Å². The van der Waals surface area contributed by atoms with Crippen molar-refractivity contribution < 1.29 is 9.53 Å². The Hall–Kier alpha value is -2.49. The number of piperidine rings is 1. The van der Waals surface area contributed by atoms with Crippen LogP contribution in [0.1, 0.15) is 50.8 Å². The second-order valence-electron chi connectivity index (χ2n) is 8.01. The fourth-order valence-electron chi connectivity index (χ4n) is 4.34. The summed E-state index contributed by atoms with van der Waals surface area (Å²) in [4.78, 5) is 17.4. The fraction of sp³-hybridized carbons (Fsp3) is 0.480. The zero-order valence-corrected chi connectivity index (χ0v) is 18.2. The molecule has 2 atom stereocenters. The van der Waals surface area contributed by atoms with Crippen molar-refractivity contribution in [1.82, 2.24) is 4.90 Å². The van der Waals surface area contributed by atoms with Crippen molar-refractivity contribution in [3.63, 3.8) is 0 Å². The summed E-state index contributed by atoms with van der Waals surface area (Å²) in [5.74, 6) is 1.56. The van der Waals surface area contributed by atoms with E-state index in [9.17, 15) is 4.79 Å². The Morgan fingerprint density at radius 3 is 2.48 bits per heavy atom. The lowest BCUT2D eigenvalue weighted by molar-refractivity contribution is -0.138. The third kappa shape index (κ3) is 5.11. The molecule has 3 rings (SSSR count). The molecule has 4 nitrogen and oxygen atoms in total. The standard InChI is InChI=1S/C25H34N2O2/c1-5-26(6-2)22-9-7-8-21(18-22)24-16-19(3)17-25(28)27(24)15-14-20-10-12-23(29-4)13-11-20/h7-13,18-19,24H,5-6,14-17H2,1-4H3. The van der Waals surface area contributed by atoms with Crippen molar-refractivity contribution in [2.24, 2.45) is 5.92 Å². The molecule has 0 saturated carbocycles. The molecule has 1 fully saturated rings. The highest BCUT2D eigenvalue weighted by molar-refractivity contribution is 5.78. The summed E-state index contributed by atoms with van der Waals surface area (Å²) in [6, 6.07) is 17.1. The van der Waals surface area contributed by atoms with Crippen LogP contribution in [0, 0.1) is 5.92 Å². The number of amides is 1. The number of ether oxygens (including phenoxy) is 1. The zero-order valence-electron chi connectivity index (χ0n) is 18.2. The van der Waals surface area contributed by atoms with Crippen LogP contribution >= 0.6 is 0 Å². The zero-order chi connectivity index (χ0) is 20.8. The lowest BCUT2D eigenvalue weighted by Gasteiger charge is -2.39. The fourth-order valence-corrected chi connectivity index (χ4v) is 4.34.